The zero-order chi connectivity index (χ0) is 14.7. The summed E-state index contributed by atoms with van der Waals surface area (Å²) < 4.78 is 0. The Hall–Kier alpha value is -1.51. The van der Waals surface area contributed by atoms with Crippen molar-refractivity contribution in [2.24, 2.45) is 0 Å². The number of anilines is 1. The van der Waals surface area contributed by atoms with Crippen molar-refractivity contribution in [3.8, 4) is 0 Å². The Labute approximate surface area is 128 Å². The van der Waals surface area contributed by atoms with Gasteiger partial charge in [-0.05, 0) is 42.7 Å². The molecule has 0 bridgehead atoms. The van der Waals surface area contributed by atoms with Crippen LogP contribution in [0.4, 0.5) is 5.69 Å². The Balaban J connectivity index is 2.09. The summed E-state index contributed by atoms with van der Waals surface area (Å²) in [6, 6.07) is 11.2. The van der Waals surface area contributed by atoms with Crippen molar-refractivity contribution < 1.29 is 4.79 Å². The first-order valence-electron chi connectivity index (χ1n) is 6.27. The molecule has 20 heavy (non-hydrogen) atoms. The van der Waals surface area contributed by atoms with Crippen molar-refractivity contribution in [3.05, 3.63) is 63.1 Å². The number of nitrogens with one attached hydrogen (secondary N) is 1. The average molecular weight is 308 g/mol. The number of hydrogen-bond acceptors (Lipinski definition) is 1. The maximum Gasteiger partial charge on any atom is 0.228 e. The third kappa shape index (κ3) is 3.53. The normalized spacial score (nSPS) is 10.4. The van der Waals surface area contributed by atoms with Crippen molar-refractivity contribution >= 4 is 34.8 Å². The highest BCUT2D eigenvalue weighted by molar-refractivity contribution is 6.43. The maximum atomic E-state index is 12.0. The molecule has 2 aromatic carbocycles. The highest BCUT2D eigenvalue weighted by atomic mass is 35.5. The summed E-state index contributed by atoms with van der Waals surface area (Å²) >= 11 is 12.0. The molecule has 0 atom stereocenters. The molecule has 2 aromatic rings. The molecule has 0 fully saturated rings. The number of benzene rings is 2. The van der Waals surface area contributed by atoms with E-state index in [2.05, 4.69) is 5.32 Å². The third-order valence-electron chi connectivity index (χ3n) is 3.16. The molecule has 0 aliphatic carbocycles. The van der Waals surface area contributed by atoms with Crippen molar-refractivity contribution in [1.29, 1.82) is 0 Å². The summed E-state index contributed by atoms with van der Waals surface area (Å²) in [5.74, 6) is -0.114. The molecule has 0 unspecified atom stereocenters. The second kappa shape index (κ2) is 6.29. The number of rotatable bonds is 3. The molecule has 1 N–H and O–H groups in total. The van der Waals surface area contributed by atoms with Crippen molar-refractivity contribution in [3.63, 3.8) is 0 Å². The van der Waals surface area contributed by atoms with Gasteiger partial charge in [-0.2, -0.15) is 0 Å². The lowest BCUT2D eigenvalue weighted by Gasteiger charge is -2.09. The first kappa shape index (κ1) is 14.9. The highest BCUT2D eigenvalue weighted by Crippen LogP contribution is 2.29. The molecule has 0 spiro atoms. The van der Waals surface area contributed by atoms with E-state index in [1.807, 2.05) is 32.0 Å². The molecular weight excluding hydrogens is 293 g/mol. The number of aryl methyl sites for hydroxylation is 2. The van der Waals surface area contributed by atoms with E-state index in [4.69, 9.17) is 23.2 Å². The Bertz CT molecular complexity index is 653. The van der Waals surface area contributed by atoms with Crippen LogP contribution in [0.5, 0.6) is 0 Å². The predicted molar refractivity (Wildman–Crippen MR) is 84.7 cm³/mol. The topological polar surface area (TPSA) is 29.1 Å². The smallest absolute Gasteiger partial charge is 0.228 e. The molecule has 0 heterocycles. The number of amides is 1. The quantitative estimate of drug-likeness (QED) is 0.867. The molecule has 0 aliphatic heterocycles. The van der Waals surface area contributed by atoms with E-state index in [0.717, 1.165) is 5.56 Å². The van der Waals surface area contributed by atoms with Gasteiger partial charge in [0.15, 0.2) is 0 Å². The predicted octanol–water partition coefficient (Wildman–Crippen LogP) is 4.79. The summed E-state index contributed by atoms with van der Waals surface area (Å²) in [6.45, 7) is 4.08. The number of halogens is 2. The highest BCUT2D eigenvalue weighted by Gasteiger charge is 2.09. The maximum absolute atomic E-state index is 12.0. The van der Waals surface area contributed by atoms with Gasteiger partial charge in [0.25, 0.3) is 0 Å². The minimum absolute atomic E-state index is 0.114. The molecular formula is C16H15Cl2NO. The van der Waals surface area contributed by atoms with E-state index in [9.17, 15) is 4.79 Å². The van der Waals surface area contributed by atoms with Crippen LogP contribution >= 0.6 is 23.2 Å². The van der Waals surface area contributed by atoms with Crippen LogP contribution in [0.25, 0.3) is 0 Å². The lowest BCUT2D eigenvalue weighted by molar-refractivity contribution is -0.115. The average Bonchev–Trinajstić information content (AvgIpc) is 2.39. The Morgan fingerprint density at radius 1 is 1.10 bits per heavy atom. The van der Waals surface area contributed by atoms with Gasteiger partial charge >= 0.3 is 0 Å². The van der Waals surface area contributed by atoms with Crippen LogP contribution < -0.4 is 5.32 Å². The summed E-state index contributed by atoms with van der Waals surface area (Å²) in [5, 5.41) is 3.57. The van der Waals surface area contributed by atoms with Crippen molar-refractivity contribution in [2.45, 2.75) is 20.3 Å². The van der Waals surface area contributed by atoms with E-state index in [1.54, 1.807) is 18.2 Å². The number of carbonyl (C=O) groups is 1. The second-order valence-electron chi connectivity index (χ2n) is 4.74. The Morgan fingerprint density at radius 2 is 1.85 bits per heavy atom. The molecule has 0 saturated carbocycles. The first-order chi connectivity index (χ1) is 9.47. The summed E-state index contributed by atoms with van der Waals surface area (Å²) in [6.07, 6.45) is 0.309. The Kier molecular flexibility index (Phi) is 4.69. The summed E-state index contributed by atoms with van der Waals surface area (Å²) in [5.41, 5.74) is 3.90. The minimum atomic E-state index is -0.114. The fraction of sp³-hybridized carbons (Fsp3) is 0.188. The fourth-order valence-corrected chi connectivity index (χ4v) is 2.24. The summed E-state index contributed by atoms with van der Waals surface area (Å²) in [4.78, 5) is 12.0. The second-order valence-corrected chi connectivity index (χ2v) is 5.53. The lowest BCUT2D eigenvalue weighted by atomic mass is 10.0. The summed E-state index contributed by atoms with van der Waals surface area (Å²) in [7, 11) is 0. The van der Waals surface area contributed by atoms with Gasteiger partial charge in [0.05, 0.1) is 22.2 Å². The van der Waals surface area contributed by atoms with Crippen LogP contribution in [0.2, 0.25) is 10.0 Å². The molecule has 0 aliphatic rings. The molecule has 1 amide bonds. The van der Waals surface area contributed by atoms with Gasteiger partial charge in [-0.1, -0.05) is 47.5 Å². The van der Waals surface area contributed by atoms with Gasteiger partial charge in [0.1, 0.15) is 0 Å². The van der Waals surface area contributed by atoms with E-state index in [-0.39, 0.29) is 5.91 Å². The molecule has 2 nitrogen and oxygen atoms in total. The number of hydrogen-bond donors (Lipinski definition) is 1. The molecule has 4 heteroatoms. The SMILES string of the molecule is Cc1ccc(CC(=O)Nc2cccc(Cl)c2Cl)cc1C. The van der Waals surface area contributed by atoms with Crippen LogP contribution in [-0.4, -0.2) is 5.91 Å². The fourth-order valence-electron chi connectivity index (χ4n) is 1.89. The zero-order valence-electron chi connectivity index (χ0n) is 11.3. The lowest BCUT2D eigenvalue weighted by Crippen LogP contribution is -2.14. The van der Waals surface area contributed by atoms with Crippen molar-refractivity contribution in [1.82, 2.24) is 0 Å². The van der Waals surface area contributed by atoms with Gasteiger partial charge in [-0.15, -0.1) is 0 Å². The number of carbonyl (C=O) groups excluding carboxylic acids is 1. The van der Waals surface area contributed by atoms with Crippen LogP contribution in [0.15, 0.2) is 36.4 Å². The van der Waals surface area contributed by atoms with Gasteiger partial charge in [0.2, 0.25) is 5.91 Å². The van der Waals surface area contributed by atoms with Gasteiger partial charge in [-0.3, -0.25) is 4.79 Å². The monoisotopic (exact) mass is 307 g/mol. The molecule has 104 valence electrons. The van der Waals surface area contributed by atoms with Crippen LogP contribution in [0.1, 0.15) is 16.7 Å². The minimum Gasteiger partial charge on any atom is -0.324 e. The van der Waals surface area contributed by atoms with Gasteiger partial charge in [0, 0.05) is 0 Å². The first-order valence-corrected chi connectivity index (χ1v) is 7.03. The zero-order valence-corrected chi connectivity index (χ0v) is 12.8. The van der Waals surface area contributed by atoms with Gasteiger partial charge < -0.3 is 5.32 Å². The van der Waals surface area contributed by atoms with E-state index < -0.39 is 0 Å². The molecule has 0 aromatic heterocycles. The Morgan fingerprint density at radius 3 is 2.55 bits per heavy atom. The molecule has 0 radical (unpaired) electrons. The van der Waals surface area contributed by atoms with Crippen LogP contribution in [0.3, 0.4) is 0 Å². The third-order valence-corrected chi connectivity index (χ3v) is 3.98. The molecule has 2 rings (SSSR count). The molecule has 0 saturated heterocycles. The van der Waals surface area contributed by atoms with Crippen LogP contribution in [-0.2, 0) is 11.2 Å². The van der Waals surface area contributed by atoms with Crippen LogP contribution in [0, 0.1) is 13.8 Å². The van der Waals surface area contributed by atoms with E-state index in [0.29, 0.717) is 22.2 Å². The van der Waals surface area contributed by atoms with E-state index >= 15 is 0 Å². The van der Waals surface area contributed by atoms with E-state index in [1.165, 1.54) is 11.1 Å². The van der Waals surface area contributed by atoms with Crippen molar-refractivity contribution in [2.75, 3.05) is 5.32 Å². The largest absolute Gasteiger partial charge is 0.324 e. The standard InChI is InChI=1S/C16H15Cl2NO/c1-10-6-7-12(8-11(10)2)9-15(20)19-14-5-3-4-13(17)16(14)18/h3-8H,9H2,1-2H3,(H,19,20). The van der Waals surface area contributed by atoms with Gasteiger partial charge in [-0.25, -0.2) is 0 Å².